The first kappa shape index (κ1) is 24.8. The minimum atomic E-state index is -0.903. The Morgan fingerprint density at radius 3 is 2.55 bits per heavy atom. The molecule has 172 valence electrons. The van der Waals surface area contributed by atoms with E-state index >= 15 is 0 Å². The molecule has 1 aromatic rings. The van der Waals surface area contributed by atoms with Gasteiger partial charge in [-0.3, -0.25) is 9.59 Å². The second-order valence-corrected chi connectivity index (χ2v) is 7.46. The van der Waals surface area contributed by atoms with Crippen LogP contribution in [-0.2, 0) is 19.1 Å². The van der Waals surface area contributed by atoms with Crippen molar-refractivity contribution in [1.29, 1.82) is 0 Å². The number of esters is 1. The third kappa shape index (κ3) is 8.32. The predicted octanol–water partition coefficient (Wildman–Crippen LogP) is 2.06. The van der Waals surface area contributed by atoms with Gasteiger partial charge in [-0.1, -0.05) is 12.2 Å². The average Bonchev–Trinajstić information content (AvgIpc) is 3.05. The molecule has 2 rings (SSSR count). The molecule has 1 fully saturated rings. The zero-order valence-electron chi connectivity index (χ0n) is 18.1. The molecule has 1 aliphatic rings. The number of aliphatic hydroxyl groups is 2. The average molecular weight is 437 g/mol. The van der Waals surface area contributed by atoms with E-state index in [1.807, 2.05) is 12.2 Å². The largest absolute Gasteiger partial charge is 0.497 e. The van der Waals surface area contributed by atoms with Gasteiger partial charge in [-0.05, 0) is 43.5 Å². The number of Topliss-reactive ketones (excluding diaryl/α,β-unsaturated/α-hetero) is 1. The van der Waals surface area contributed by atoms with Gasteiger partial charge in [0.25, 0.3) is 0 Å². The van der Waals surface area contributed by atoms with Gasteiger partial charge in [0.05, 0.1) is 33.0 Å². The first-order valence-electron chi connectivity index (χ1n) is 10.4. The van der Waals surface area contributed by atoms with E-state index in [0.717, 1.165) is 0 Å². The number of hydrogen-bond donors (Lipinski definition) is 2. The Labute approximate surface area is 182 Å². The minimum Gasteiger partial charge on any atom is -0.497 e. The molecule has 1 saturated carbocycles. The van der Waals surface area contributed by atoms with Crippen LogP contribution in [0.1, 0.15) is 32.1 Å². The van der Waals surface area contributed by atoms with Gasteiger partial charge < -0.3 is 29.2 Å². The summed E-state index contributed by atoms with van der Waals surface area (Å²) in [5.74, 6) is 0.540. The number of carbonyl (C=O) groups excluding carboxylic acids is 2. The van der Waals surface area contributed by atoms with Gasteiger partial charge in [-0.15, -0.1) is 0 Å². The van der Waals surface area contributed by atoms with E-state index in [2.05, 4.69) is 4.74 Å². The molecule has 0 heterocycles. The summed E-state index contributed by atoms with van der Waals surface area (Å²) in [4.78, 5) is 23.3. The maximum atomic E-state index is 12.2. The standard InChI is InChI=1S/C23H32O8/c1-28-17-9-11-18(12-10-17)30-14-16(24)15-31-23-19(20(25)13-21(23)26)7-5-3-4-6-8-22(27)29-2/h3,5,9-12,16,19,21,23-24,26H,4,6-8,13-15H2,1-2H3. The summed E-state index contributed by atoms with van der Waals surface area (Å²) >= 11 is 0. The van der Waals surface area contributed by atoms with Crippen LogP contribution in [0, 0.1) is 5.92 Å². The number of methoxy groups -OCH3 is 2. The lowest BCUT2D eigenvalue weighted by atomic mass is 9.99. The summed E-state index contributed by atoms with van der Waals surface area (Å²) in [7, 11) is 2.94. The van der Waals surface area contributed by atoms with Gasteiger partial charge in [0, 0.05) is 18.8 Å². The molecule has 0 spiro atoms. The number of unbranched alkanes of at least 4 members (excludes halogenated alkanes) is 1. The number of ether oxygens (including phenoxy) is 4. The van der Waals surface area contributed by atoms with E-state index in [1.165, 1.54) is 7.11 Å². The van der Waals surface area contributed by atoms with Gasteiger partial charge in [0.2, 0.25) is 0 Å². The molecule has 1 aliphatic carbocycles. The summed E-state index contributed by atoms with van der Waals surface area (Å²) in [6.07, 6.45) is 3.54. The fourth-order valence-electron chi connectivity index (χ4n) is 3.38. The van der Waals surface area contributed by atoms with Crippen LogP contribution >= 0.6 is 0 Å². The third-order valence-electron chi connectivity index (χ3n) is 5.12. The molecule has 0 radical (unpaired) electrons. The monoisotopic (exact) mass is 436 g/mol. The molecule has 31 heavy (non-hydrogen) atoms. The van der Waals surface area contributed by atoms with Gasteiger partial charge in [-0.25, -0.2) is 0 Å². The summed E-state index contributed by atoms with van der Waals surface area (Å²) < 4.78 is 20.9. The highest BCUT2D eigenvalue weighted by Crippen LogP contribution is 2.29. The maximum absolute atomic E-state index is 12.2. The fourth-order valence-corrected chi connectivity index (χ4v) is 3.38. The van der Waals surface area contributed by atoms with Crippen molar-refractivity contribution in [3.8, 4) is 11.5 Å². The van der Waals surface area contributed by atoms with Crippen molar-refractivity contribution >= 4 is 11.8 Å². The topological polar surface area (TPSA) is 112 Å². The van der Waals surface area contributed by atoms with Crippen molar-refractivity contribution in [2.45, 2.75) is 50.4 Å². The van der Waals surface area contributed by atoms with Crippen molar-refractivity contribution in [1.82, 2.24) is 0 Å². The highest BCUT2D eigenvalue weighted by Gasteiger charge is 2.41. The van der Waals surface area contributed by atoms with Gasteiger partial charge in [0.1, 0.15) is 30.0 Å². The number of aliphatic hydroxyl groups excluding tert-OH is 2. The first-order valence-corrected chi connectivity index (χ1v) is 10.4. The van der Waals surface area contributed by atoms with Crippen LogP contribution in [0.15, 0.2) is 36.4 Å². The van der Waals surface area contributed by atoms with Gasteiger partial charge in [0.15, 0.2) is 0 Å². The number of carbonyl (C=O) groups is 2. The van der Waals surface area contributed by atoms with Crippen molar-refractivity contribution in [2.75, 3.05) is 27.4 Å². The highest BCUT2D eigenvalue weighted by atomic mass is 16.5. The minimum absolute atomic E-state index is 0.0217. The molecule has 0 aromatic heterocycles. The van der Waals surface area contributed by atoms with Crippen LogP contribution in [-0.4, -0.2) is 67.7 Å². The second-order valence-electron chi connectivity index (χ2n) is 7.46. The molecule has 0 amide bonds. The smallest absolute Gasteiger partial charge is 0.305 e. The van der Waals surface area contributed by atoms with Crippen molar-refractivity contribution in [2.24, 2.45) is 5.92 Å². The van der Waals surface area contributed by atoms with Crippen LogP contribution in [0.5, 0.6) is 11.5 Å². The molecular formula is C23H32O8. The lowest BCUT2D eigenvalue weighted by Gasteiger charge is -2.22. The van der Waals surface area contributed by atoms with Crippen molar-refractivity contribution in [3.05, 3.63) is 36.4 Å². The number of benzene rings is 1. The molecular weight excluding hydrogens is 404 g/mol. The molecule has 4 atom stereocenters. The molecule has 4 unspecified atom stereocenters. The van der Waals surface area contributed by atoms with E-state index in [0.29, 0.717) is 37.2 Å². The van der Waals surface area contributed by atoms with E-state index in [-0.39, 0.29) is 31.4 Å². The van der Waals surface area contributed by atoms with E-state index in [4.69, 9.17) is 14.2 Å². The summed E-state index contributed by atoms with van der Waals surface area (Å²) in [5.41, 5.74) is 0. The van der Waals surface area contributed by atoms with Gasteiger partial charge in [-0.2, -0.15) is 0 Å². The zero-order valence-corrected chi connectivity index (χ0v) is 18.1. The molecule has 0 bridgehead atoms. The predicted molar refractivity (Wildman–Crippen MR) is 113 cm³/mol. The lowest BCUT2D eigenvalue weighted by Crippen LogP contribution is -2.34. The first-order chi connectivity index (χ1) is 14.9. The molecule has 1 aromatic carbocycles. The van der Waals surface area contributed by atoms with Crippen LogP contribution in [0.4, 0.5) is 0 Å². The number of rotatable bonds is 13. The third-order valence-corrected chi connectivity index (χ3v) is 5.12. The summed E-state index contributed by atoms with van der Waals surface area (Å²) in [5, 5.41) is 20.3. The fraction of sp³-hybridized carbons (Fsp3) is 0.565. The Bertz CT molecular complexity index is 715. The number of ketones is 1. The summed E-state index contributed by atoms with van der Waals surface area (Å²) in [6, 6.07) is 6.98. The quantitative estimate of drug-likeness (QED) is 0.275. The second kappa shape index (κ2) is 13.1. The number of hydrogen-bond acceptors (Lipinski definition) is 8. The van der Waals surface area contributed by atoms with Crippen LogP contribution in [0.3, 0.4) is 0 Å². The molecule has 8 nitrogen and oxygen atoms in total. The zero-order chi connectivity index (χ0) is 22.6. The van der Waals surface area contributed by atoms with E-state index < -0.39 is 24.2 Å². The molecule has 0 aliphatic heterocycles. The normalized spacial score (nSPS) is 21.9. The Kier molecular flexibility index (Phi) is 10.5. The maximum Gasteiger partial charge on any atom is 0.305 e. The van der Waals surface area contributed by atoms with Crippen LogP contribution < -0.4 is 9.47 Å². The SMILES string of the molecule is COC(=O)CCCC=CCC1C(=O)CC(O)C1OCC(O)COc1ccc(OC)cc1. The van der Waals surface area contributed by atoms with E-state index in [1.54, 1.807) is 31.4 Å². The van der Waals surface area contributed by atoms with Crippen LogP contribution in [0.25, 0.3) is 0 Å². The number of allylic oxidation sites excluding steroid dienone is 2. The van der Waals surface area contributed by atoms with E-state index in [9.17, 15) is 19.8 Å². The Hall–Kier alpha value is -2.42. The Morgan fingerprint density at radius 2 is 1.87 bits per heavy atom. The van der Waals surface area contributed by atoms with Crippen molar-refractivity contribution in [3.63, 3.8) is 0 Å². The van der Waals surface area contributed by atoms with Crippen LogP contribution in [0.2, 0.25) is 0 Å². The highest BCUT2D eigenvalue weighted by molar-refractivity contribution is 5.85. The Morgan fingerprint density at radius 1 is 1.16 bits per heavy atom. The molecule has 0 saturated heterocycles. The Balaban J connectivity index is 1.74. The summed E-state index contributed by atoms with van der Waals surface area (Å²) in [6.45, 7) is -0.0294. The van der Waals surface area contributed by atoms with Gasteiger partial charge >= 0.3 is 5.97 Å². The van der Waals surface area contributed by atoms with Crippen molar-refractivity contribution < 1.29 is 38.7 Å². The lowest BCUT2D eigenvalue weighted by molar-refractivity contribution is -0.140. The molecule has 2 N–H and O–H groups in total. The molecule has 8 heteroatoms.